The molecule has 0 fully saturated rings. The van der Waals surface area contributed by atoms with Crippen LogP contribution in [0.15, 0.2) is 6.20 Å². The molecule has 0 aliphatic carbocycles. The molecule has 1 heterocycles. The highest BCUT2D eigenvalue weighted by Gasteiger charge is 2.16. The SMILES string of the molecule is CCC(OC)c1ncc(C)c(C(=O)O)n1. The Morgan fingerprint density at radius 3 is 2.80 bits per heavy atom. The molecular weight excluding hydrogens is 196 g/mol. The van der Waals surface area contributed by atoms with Gasteiger partial charge in [0.05, 0.1) is 0 Å². The van der Waals surface area contributed by atoms with Gasteiger partial charge < -0.3 is 9.84 Å². The third-order valence-corrected chi connectivity index (χ3v) is 2.14. The van der Waals surface area contributed by atoms with E-state index in [-0.39, 0.29) is 11.8 Å². The van der Waals surface area contributed by atoms with Gasteiger partial charge in [-0.3, -0.25) is 0 Å². The molecule has 0 spiro atoms. The molecule has 1 rings (SSSR count). The van der Waals surface area contributed by atoms with E-state index in [1.54, 1.807) is 14.0 Å². The maximum absolute atomic E-state index is 10.8. The normalized spacial score (nSPS) is 12.5. The fourth-order valence-corrected chi connectivity index (χ4v) is 1.28. The molecule has 1 N–H and O–H groups in total. The number of nitrogens with zero attached hydrogens (tertiary/aromatic N) is 2. The number of aromatic nitrogens is 2. The van der Waals surface area contributed by atoms with Gasteiger partial charge in [-0.2, -0.15) is 0 Å². The van der Waals surface area contributed by atoms with Crippen molar-refractivity contribution in [3.8, 4) is 0 Å². The van der Waals surface area contributed by atoms with Crippen LogP contribution in [0.5, 0.6) is 0 Å². The first-order valence-electron chi connectivity index (χ1n) is 4.69. The lowest BCUT2D eigenvalue weighted by atomic mass is 10.2. The third kappa shape index (κ3) is 2.50. The molecule has 0 bridgehead atoms. The number of carboxylic acids is 1. The summed E-state index contributed by atoms with van der Waals surface area (Å²) in [7, 11) is 1.55. The molecule has 5 nitrogen and oxygen atoms in total. The number of aryl methyl sites for hydroxylation is 1. The van der Waals surface area contributed by atoms with Crippen LogP contribution in [0.25, 0.3) is 0 Å². The summed E-state index contributed by atoms with van der Waals surface area (Å²) in [6.45, 7) is 3.60. The molecule has 0 aliphatic rings. The van der Waals surface area contributed by atoms with Crippen molar-refractivity contribution in [1.29, 1.82) is 0 Å². The molecule has 1 atom stereocenters. The standard InChI is InChI=1S/C10H14N2O3/c1-4-7(15-3)9-11-5-6(2)8(12-9)10(13)14/h5,7H,4H2,1-3H3,(H,13,14). The minimum absolute atomic E-state index is 0.0375. The number of rotatable bonds is 4. The van der Waals surface area contributed by atoms with Gasteiger partial charge >= 0.3 is 5.97 Å². The van der Waals surface area contributed by atoms with Crippen LogP contribution in [-0.4, -0.2) is 28.2 Å². The first kappa shape index (κ1) is 11.6. The van der Waals surface area contributed by atoms with E-state index in [0.29, 0.717) is 17.8 Å². The lowest BCUT2D eigenvalue weighted by molar-refractivity contribution is 0.0683. The van der Waals surface area contributed by atoms with E-state index in [1.807, 2.05) is 6.92 Å². The topological polar surface area (TPSA) is 72.3 Å². The summed E-state index contributed by atoms with van der Waals surface area (Å²) in [5, 5.41) is 8.89. The molecule has 15 heavy (non-hydrogen) atoms. The molecule has 82 valence electrons. The van der Waals surface area contributed by atoms with Crippen molar-refractivity contribution in [2.24, 2.45) is 0 Å². The minimum Gasteiger partial charge on any atom is -0.477 e. The highest BCUT2D eigenvalue weighted by molar-refractivity contribution is 5.86. The van der Waals surface area contributed by atoms with Crippen LogP contribution >= 0.6 is 0 Å². The van der Waals surface area contributed by atoms with Crippen molar-refractivity contribution in [1.82, 2.24) is 9.97 Å². The minimum atomic E-state index is -1.04. The smallest absolute Gasteiger partial charge is 0.354 e. The van der Waals surface area contributed by atoms with Crippen molar-refractivity contribution < 1.29 is 14.6 Å². The highest BCUT2D eigenvalue weighted by Crippen LogP contribution is 2.16. The first-order valence-corrected chi connectivity index (χ1v) is 4.69. The third-order valence-electron chi connectivity index (χ3n) is 2.14. The van der Waals surface area contributed by atoms with Crippen LogP contribution in [0.2, 0.25) is 0 Å². The summed E-state index contributed by atoms with van der Waals surface area (Å²) in [6.07, 6.45) is 1.97. The monoisotopic (exact) mass is 210 g/mol. The molecule has 0 aromatic carbocycles. The molecular formula is C10H14N2O3. The van der Waals surface area contributed by atoms with Crippen LogP contribution in [0.3, 0.4) is 0 Å². The zero-order valence-corrected chi connectivity index (χ0v) is 9.02. The maximum atomic E-state index is 10.8. The van der Waals surface area contributed by atoms with E-state index in [0.717, 1.165) is 0 Å². The number of aromatic carboxylic acids is 1. The highest BCUT2D eigenvalue weighted by atomic mass is 16.5. The van der Waals surface area contributed by atoms with Crippen molar-refractivity contribution in [2.45, 2.75) is 26.4 Å². The second-order valence-electron chi connectivity index (χ2n) is 3.20. The molecule has 0 aliphatic heterocycles. The number of methoxy groups -OCH3 is 1. The summed E-state index contributed by atoms with van der Waals surface area (Å²) in [6, 6.07) is 0. The number of carbonyl (C=O) groups is 1. The van der Waals surface area contributed by atoms with E-state index in [9.17, 15) is 4.79 Å². The van der Waals surface area contributed by atoms with E-state index < -0.39 is 5.97 Å². The molecule has 1 unspecified atom stereocenters. The van der Waals surface area contributed by atoms with Crippen molar-refractivity contribution in [2.75, 3.05) is 7.11 Å². The van der Waals surface area contributed by atoms with Gasteiger partial charge in [-0.15, -0.1) is 0 Å². The number of ether oxygens (including phenoxy) is 1. The summed E-state index contributed by atoms with van der Waals surface area (Å²) < 4.78 is 5.14. The molecule has 0 saturated carbocycles. The predicted octanol–water partition coefficient (Wildman–Crippen LogP) is 1.58. The average Bonchev–Trinajstić information content (AvgIpc) is 2.21. The Morgan fingerprint density at radius 1 is 1.67 bits per heavy atom. The number of hydrogen-bond donors (Lipinski definition) is 1. The quantitative estimate of drug-likeness (QED) is 0.816. The Kier molecular flexibility index (Phi) is 3.74. The van der Waals surface area contributed by atoms with Crippen LogP contribution < -0.4 is 0 Å². The predicted molar refractivity (Wildman–Crippen MR) is 53.8 cm³/mol. The van der Waals surface area contributed by atoms with Crippen LogP contribution in [-0.2, 0) is 4.74 Å². The molecule has 0 radical (unpaired) electrons. The van der Waals surface area contributed by atoms with Gasteiger partial charge in [0, 0.05) is 18.9 Å². The van der Waals surface area contributed by atoms with Gasteiger partial charge in [-0.05, 0) is 13.3 Å². The van der Waals surface area contributed by atoms with Crippen molar-refractivity contribution in [3.05, 3.63) is 23.3 Å². The van der Waals surface area contributed by atoms with Crippen molar-refractivity contribution >= 4 is 5.97 Å². The molecule has 1 aromatic heterocycles. The first-order chi connectivity index (χ1) is 7.10. The molecule has 1 aromatic rings. The zero-order valence-electron chi connectivity index (χ0n) is 9.02. The van der Waals surface area contributed by atoms with E-state index in [1.165, 1.54) is 6.20 Å². The van der Waals surface area contributed by atoms with Gasteiger partial charge in [0.25, 0.3) is 0 Å². The lowest BCUT2D eigenvalue weighted by Gasteiger charge is -2.12. The number of carboxylic acid groups (broad SMARTS) is 1. The van der Waals surface area contributed by atoms with E-state index in [4.69, 9.17) is 9.84 Å². The van der Waals surface area contributed by atoms with E-state index in [2.05, 4.69) is 9.97 Å². The largest absolute Gasteiger partial charge is 0.477 e. The Morgan fingerprint density at radius 2 is 2.33 bits per heavy atom. The van der Waals surface area contributed by atoms with E-state index >= 15 is 0 Å². The second-order valence-corrected chi connectivity index (χ2v) is 3.20. The van der Waals surface area contributed by atoms with Gasteiger partial charge in [-0.25, -0.2) is 14.8 Å². The Hall–Kier alpha value is -1.49. The fourth-order valence-electron chi connectivity index (χ4n) is 1.28. The summed E-state index contributed by atoms with van der Waals surface area (Å²) >= 11 is 0. The molecule has 0 saturated heterocycles. The Labute approximate surface area is 88.1 Å². The van der Waals surface area contributed by atoms with Gasteiger partial charge in [0.1, 0.15) is 6.10 Å². The summed E-state index contributed by atoms with van der Waals surface area (Å²) in [5.41, 5.74) is 0.590. The van der Waals surface area contributed by atoms with Gasteiger partial charge in [-0.1, -0.05) is 6.92 Å². The van der Waals surface area contributed by atoms with Gasteiger partial charge in [0.15, 0.2) is 11.5 Å². The van der Waals surface area contributed by atoms with Crippen LogP contribution in [0.1, 0.15) is 41.3 Å². The van der Waals surface area contributed by atoms with Crippen LogP contribution in [0, 0.1) is 6.92 Å². The second kappa shape index (κ2) is 4.84. The average molecular weight is 210 g/mol. The number of hydrogen-bond acceptors (Lipinski definition) is 4. The summed E-state index contributed by atoms with van der Waals surface area (Å²) in [4.78, 5) is 18.9. The zero-order chi connectivity index (χ0) is 11.4. The Bertz CT molecular complexity index is 362. The maximum Gasteiger partial charge on any atom is 0.354 e. The summed E-state index contributed by atoms with van der Waals surface area (Å²) in [5.74, 6) is -0.620. The molecule has 5 heteroatoms. The van der Waals surface area contributed by atoms with Crippen molar-refractivity contribution in [3.63, 3.8) is 0 Å². The molecule has 0 amide bonds. The lowest BCUT2D eigenvalue weighted by Crippen LogP contribution is -2.11. The van der Waals surface area contributed by atoms with Crippen LogP contribution in [0.4, 0.5) is 0 Å². The fraction of sp³-hybridized carbons (Fsp3) is 0.500. The van der Waals surface area contributed by atoms with Gasteiger partial charge in [0.2, 0.25) is 0 Å². The Balaban J connectivity index is 3.11.